The summed E-state index contributed by atoms with van der Waals surface area (Å²) in [4.78, 5) is 31.6. The number of aromatic nitrogens is 3. The van der Waals surface area contributed by atoms with Crippen molar-refractivity contribution in [3.63, 3.8) is 0 Å². The highest BCUT2D eigenvalue weighted by Gasteiger charge is 2.31. The highest BCUT2D eigenvalue weighted by molar-refractivity contribution is 6.21. The van der Waals surface area contributed by atoms with Gasteiger partial charge in [0.1, 0.15) is 24.0 Å². The molecule has 1 aliphatic heterocycles. The maximum Gasteiger partial charge on any atom is 0.327 e. The average molecular weight is 368 g/mol. The van der Waals surface area contributed by atoms with Gasteiger partial charge in [-0.15, -0.1) is 0 Å². The van der Waals surface area contributed by atoms with Gasteiger partial charge in [0, 0.05) is 16.8 Å². The molecule has 1 unspecified atom stereocenters. The van der Waals surface area contributed by atoms with E-state index < -0.39 is 11.9 Å². The number of carbonyl (C=O) groups excluding carboxylic acids is 1. The minimum atomic E-state index is -0.515. The fourth-order valence-corrected chi connectivity index (χ4v) is 3.55. The monoisotopic (exact) mass is 368 g/mol. The number of nitrogens with two attached hydrogens (primary N) is 1. The molecular formula is C19H17FN4O3. The minimum Gasteiger partial charge on any atom is -0.488 e. The quantitative estimate of drug-likeness (QED) is 0.690. The fraction of sp³-hybridized carbons (Fsp3) is 0.211. The molecule has 3 heterocycles. The first-order valence-electron chi connectivity index (χ1n) is 8.37. The predicted molar refractivity (Wildman–Crippen MR) is 97.9 cm³/mol. The number of aromatic amines is 1. The Kier molecular flexibility index (Phi) is 3.83. The smallest absolute Gasteiger partial charge is 0.327 e. The van der Waals surface area contributed by atoms with Crippen molar-refractivity contribution >= 4 is 22.4 Å². The first kappa shape index (κ1) is 17.0. The number of rotatable bonds is 3. The molecule has 138 valence electrons. The van der Waals surface area contributed by atoms with Crippen LogP contribution in [0.15, 0.2) is 41.0 Å². The van der Waals surface area contributed by atoms with Gasteiger partial charge < -0.3 is 15.5 Å². The van der Waals surface area contributed by atoms with Gasteiger partial charge in [-0.2, -0.15) is 0 Å². The number of Topliss-reactive ketones (excluding diaryl/α,β-unsaturated/α-hetero) is 1. The largest absolute Gasteiger partial charge is 0.488 e. The third-order valence-electron chi connectivity index (χ3n) is 4.64. The SMILES string of the molecule is CC(=O)C(=C(C)N)c1ccc2[nH]c(=O)n3c2c1OCC3c1ccc(F)cn1. The summed E-state index contributed by atoms with van der Waals surface area (Å²) in [7, 11) is 0. The Balaban J connectivity index is 1.99. The van der Waals surface area contributed by atoms with E-state index in [1.807, 2.05) is 0 Å². The van der Waals surface area contributed by atoms with Crippen LogP contribution in [0, 0.1) is 5.82 Å². The summed E-state index contributed by atoms with van der Waals surface area (Å²) >= 11 is 0. The summed E-state index contributed by atoms with van der Waals surface area (Å²) < 4.78 is 20.7. The normalized spacial score (nSPS) is 16.8. The van der Waals surface area contributed by atoms with Gasteiger partial charge in [-0.05, 0) is 38.1 Å². The molecule has 8 heteroatoms. The lowest BCUT2D eigenvalue weighted by molar-refractivity contribution is -0.111. The molecule has 0 saturated heterocycles. The van der Waals surface area contributed by atoms with Crippen LogP contribution in [0.2, 0.25) is 0 Å². The van der Waals surface area contributed by atoms with Crippen molar-refractivity contribution in [3.05, 3.63) is 63.7 Å². The lowest BCUT2D eigenvalue weighted by Crippen LogP contribution is -2.31. The van der Waals surface area contributed by atoms with E-state index in [1.54, 1.807) is 19.1 Å². The molecule has 0 amide bonds. The van der Waals surface area contributed by atoms with Crippen molar-refractivity contribution < 1.29 is 13.9 Å². The number of benzene rings is 1. The van der Waals surface area contributed by atoms with Gasteiger partial charge in [-0.3, -0.25) is 14.3 Å². The van der Waals surface area contributed by atoms with E-state index in [9.17, 15) is 14.0 Å². The second-order valence-electron chi connectivity index (χ2n) is 6.48. The fourth-order valence-electron chi connectivity index (χ4n) is 3.55. The second kappa shape index (κ2) is 6.08. The predicted octanol–water partition coefficient (Wildman–Crippen LogP) is 2.12. The Morgan fingerprint density at radius 3 is 2.74 bits per heavy atom. The number of allylic oxidation sites excluding steroid dienone is 2. The summed E-state index contributed by atoms with van der Waals surface area (Å²) in [6.07, 6.45) is 1.10. The molecule has 0 saturated carbocycles. The van der Waals surface area contributed by atoms with Crippen LogP contribution in [-0.4, -0.2) is 26.9 Å². The van der Waals surface area contributed by atoms with Gasteiger partial charge in [0.05, 0.1) is 17.4 Å². The Bertz CT molecular complexity index is 1150. The minimum absolute atomic E-state index is 0.115. The number of H-pyrrole nitrogens is 1. The van der Waals surface area contributed by atoms with Crippen LogP contribution in [0.3, 0.4) is 0 Å². The molecule has 0 bridgehead atoms. The van der Waals surface area contributed by atoms with Gasteiger partial charge >= 0.3 is 5.69 Å². The number of halogens is 1. The first-order valence-corrected chi connectivity index (χ1v) is 8.37. The van der Waals surface area contributed by atoms with Crippen molar-refractivity contribution in [2.45, 2.75) is 19.9 Å². The van der Waals surface area contributed by atoms with Gasteiger partial charge in [0.15, 0.2) is 11.5 Å². The van der Waals surface area contributed by atoms with Gasteiger partial charge in [-0.1, -0.05) is 0 Å². The lowest BCUT2D eigenvalue weighted by Gasteiger charge is -2.26. The number of hydrogen-bond acceptors (Lipinski definition) is 5. The molecular weight excluding hydrogens is 351 g/mol. The number of imidazole rings is 1. The summed E-state index contributed by atoms with van der Waals surface area (Å²) in [6, 6.07) is 5.72. The number of hydrogen-bond donors (Lipinski definition) is 2. The Morgan fingerprint density at radius 1 is 1.33 bits per heavy atom. The molecule has 2 aromatic heterocycles. The summed E-state index contributed by atoms with van der Waals surface area (Å²) in [5, 5.41) is 0. The molecule has 27 heavy (non-hydrogen) atoms. The third-order valence-corrected chi connectivity index (χ3v) is 4.64. The van der Waals surface area contributed by atoms with Crippen LogP contribution >= 0.6 is 0 Å². The second-order valence-corrected chi connectivity index (χ2v) is 6.48. The van der Waals surface area contributed by atoms with E-state index in [0.717, 1.165) is 6.20 Å². The van der Waals surface area contributed by atoms with Gasteiger partial charge in [0.2, 0.25) is 0 Å². The zero-order valence-electron chi connectivity index (χ0n) is 14.7. The number of carbonyl (C=O) groups is 1. The van der Waals surface area contributed by atoms with Crippen LogP contribution in [0.1, 0.15) is 31.1 Å². The number of pyridine rings is 1. The van der Waals surface area contributed by atoms with E-state index in [2.05, 4.69) is 9.97 Å². The topological polar surface area (TPSA) is 103 Å². The molecule has 0 radical (unpaired) electrons. The van der Waals surface area contributed by atoms with Crippen LogP contribution in [0.5, 0.6) is 5.75 Å². The maximum atomic E-state index is 13.2. The van der Waals surface area contributed by atoms with E-state index in [4.69, 9.17) is 10.5 Å². The van der Waals surface area contributed by atoms with Crippen LogP contribution in [-0.2, 0) is 4.79 Å². The molecule has 7 nitrogen and oxygen atoms in total. The Hall–Kier alpha value is -3.42. The van der Waals surface area contributed by atoms with Crippen molar-refractivity contribution in [1.82, 2.24) is 14.5 Å². The van der Waals surface area contributed by atoms with Gasteiger partial charge in [0.25, 0.3) is 0 Å². The molecule has 3 N–H and O–H groups in total. The molecule has 1 aromatic carbocycles. The molecule has 1 aliphatic rings. The van der Waals surface area contributed by atoms with Crippen molar-refractivity contribution in [2.24, 2.45) is 5.73 Å². The van der Waals surface area contributed by atoms with E-state index in [1.165, 1.54) is 23.6 Å². The molecule has 3 aromatic rings. The number of nitrogens with one attached hydrogen (secondary N) is 1. The first-order chi connectivity index (χ1) is 12.9. The average Bonchev–Trinajstić information content (AvgIpc) is 2.95. The summed E-state index contributed by atoms with van der Waals surface area (Å²) in [5.41, 5.74) is 8.44. The summed E-state index contributed by atoms with van der Waals surface area (Å²) in [5.74, 6) is -0.237. The zero-order valence-corrected chi connectivity index (χ0v) is 14.7. The lowest BCUT2D eigenvalue weighted by atomic mass is 9.98. The Labute approximate surface area is 153 Å². The van der Waals surface area contributed by atoms with E-state index >= 15 is 0 Å². The third kappa shape index (κ3) is 2.61. The molecule has 0 spiro atoms. The maximum absolute atomic E-state index is 13.2. The van der Waals surface area contributed by atoms with Crippen molar-refractivity contribution in [3.8, 4) is 5.75 Å². The highest BCUT2D eigenvalue weighted by Crippen LogP contribution is 2.39. The van der Waals surface area contributed by atoms with Crippen molar-refractivity contribution in [1.29, 1.82) is 0 Å². The molecule has 4 rings (SSSR count). The molecule has 0 aliphatic carbocycles. The standard InChI is InChI=1S/C19H17FN4O3/c1-9(21)16(10(2)25)12-4-6-14-17-18(12)27-8-15(24(17)19(26)23-14)13-5-3-11(20)7-22-13/h3-7,15H,8,21H2,1-2H3,(H,23,26). The molecule has 0 fully saturated rings. The number of ketones is 1. The Morgan fingerprint density at radius 2 is 2.11 bits per heavy atom. The summed E-state index contributed by atoms with van der Waals surface area (Å²) in [6.45, 7) is 3.19. The van der Waals surface area contributed by atoms with E-state index in [-0.39, 0.29) is 18.1 Å². The molecule has 1 atom stereocenters. The number of nitrogens with zero attached hydrogens (tertiary/aromatic N) is 2. The van der Waals surface area contributed by atoms with Gasteiger partial charge in [-0.25, -0.2) is 9.18 Å². The highest BCUT2D eigenvalue weighted by atomic mass is 19.1. The zero-order chi connectivity index (χ0) is 19.3. The van der Waals surface area contributed by atoms with E-state index in [0.29, 0.717) is 39.3 Å². The number of ether oxygens (including phenoxy) is 1. The van der Waals surface area contributed by atoms with Crippen LogP contribution < -0.4 is 16.2 Å². The van der Waals surface area contributed by atoms with Crippen LogP contribution in [0.4, 0.5) is 4.39 Å². The van der Waals surface area contributed by atoms with Crippen molar-refractivity contribution in [2.75, 3.05) is 6.61 Å². The van der Waals surface area contributed by atoms with Crippen LogP contribution in [0.25, 0.3) is 16.6 Å².